The molecule has 0 aliphatic carbocycles. The number of nitrogens with zero attached hydrogens (tertiary/aromatic N) is 4. The Morgan fingerprint density at radius 3 is 2.72 bits per heavy atom. The van der Waals surface area contributed by atoms with Crippen molar-refractivity contribution in [3.8, 4) is 0 Å². The first-order valence-corrected chi connectivity index (χ1v) is 11.1. The zero-order chi connectivity index (χ0) is 23.0. The number of hydrogen-bond donors (Lipinski definition) is 1. The van der Waals surface area contributed by atoms with Crippen molar-refractivity contribution >= 4 is 39.4 Å². The number of pyridine rings is 1. The monoisotopic (exact) mass is 457 g/mol. The van der Waals surface area contributed by atoms with E-state index in [4.69, 9.17) is 4.74 Å². The summed E-state index contributed by atoms with van der Waals surface area (Å²) in [5, 5.41) is 4.97. The van der Waals surface area contributed by atoms with Gasteiger partial charge in [-0.1, -0.05) is 0 Å². The van der Waals surface area contributed by atoms with Crippen molar-refractivity contribution in [2.75, 3.05) is 18.4 Å². The number of hydrogen-bond acceptors (Lipinski definition) is 8. The fraction of sp³-hybridized carbons (Fsp3) is 0.409. The highest BCUT2D eigenvalue weighted by atomic mass is 32.1. The second-order valence-electron chi connectivity index (χ2n) is 8.77. The number of nitrogens with one attached hydrogen (secondary N) is 1. The molecule has 0 aromatic carbocycles. The minimum atomic E-state index is -0.564. The summed E-state index contributed by atoms with van der Waals surface area (Å²) in [6.45, 7) is 7.86. The summed E-state index contributed by atoms with van der Waals surface area (Å²) in [4.78, 5) is 39.8. The van der Waals surface area contributed by atoms with E-state index in [1.807, 2.05) is 39.1 Å². The fourth-order valence-electron chi connectivity index (χ4n) is 3.34. The number of esters is 1. The number of ether oxygens (including phenoxy) is 1. The van der Waals surface area contributed by atoms with Crippen LogP contribution in [0.25, 0.3) is 10.2 Å². The molecule has 3 aromatic rings. The van der Waals surface area contributed by atoms with Crippen LogP contribution in [-0.2, 0) is 9.53 Å². The van der Waals surface area contributed by atoms with E-state index in [1.54, 1.807) is 11.1 Å². The van der Waals surface area contributed by atoms with Crippen molar-refractivity contribution in [1.29, 1.82) is 0 Å². The Kier molecular flexibility index (Phi) is 5.81. The lowest BCUT2D eigenvalue weighted by Crippen LogP contribution is -2.54. The van der Waals surface area contributed by atoms with Gasteiger partial charge in [-0.3, -0.25) is 14.6 Å². The van der Waals surface area contributed by atoms with Crippen LogP contribution >= 0.6 is 11.3 Å². The molecular formula is C22H24FN5O3S. The fourth-order valence-corrected chi connectivity index (χ4v) is 4.16. The predicted molar refractivity (Wildman–Crippen MR) is 119 cm³/mol. The van der Waals surface area contributed by atoms with Gasteiger partial charge < -0.3 is 15.0 Å². The summed E-state index contributed by atoms with van der Waals surface area (Å²) in [5.74, 6) is -1.07. The first kappa shape index (κ1) is 22.1. The van der Waals surface area contributed by atoms with Crippen LogP contribution in [0.3, 0.4) is 0 Å². The van der Waals surface area contributed by atoms with Crippen LogP contribution in [0.4, 0.5) is 10.3 Å². The number of carbonyl (C=O) groups excluding carboxylic acids is 2. The topological polar surface area (TPSA) is 97.3 Å². The van der Waals surface area contributed by atoms with Crippen LogP contribution in [0.15, 0.2) is 29.9 Å². The number of likely N-dealkylation sites (tertiary alicyclic amines) is 1. The van der Waals surface area contributed by atoms with Gasteiger partial charge in [-0.05, 0) is 50.8 Å². The van der Waals surface area contributed by atoms with E-state index in [2.05, 4.69) is 20.3 Å². The molecule has 8 nitrogen and oxygen atoms in total. The van der Waals surface area contributed by atoms with Crippen LogP contribution in [0.5, 0.6) is 0 Å². The summed E-state index contributed by atoms with van der Waals surface area (Å²) >= 11 is 1.38. The lowest BCUT2D eigenvalue weighted by atomic mass is 9.99. The number of halogens is 1. The van der Waals surface area contributed by atoms with Crippen molar-refractivity contribution in [3.05, 3.63) is 47.0 Å². The highest BCUT2D eigenvalue weighted by molar-refractivity contribution is 7.17. The number of carbonyl (C=O) groups is 2. The first-order valence-electron chi connectivity index (χ1n) is 10.2. The lowest BCUT2D eigenvalue weighted by Gasteiger charge is -2.38. The van der Waals surface area contributed by atoms with Crippen LogP contribution in [0.1, 0.15) is 49.8 Å². The largest absolute Gasteiger partial charge is 0.460 e. The average Bonchev–Trinajstić information content (AvgIpc) is 3.13. The van der Waals surface area contributed by atoms with Crippen LogP contribution < -0.4 is 5.32 Å². The van der Waals surface area contributed by atoms with Crippen molar-refractivity contribution in [2.24, 2.45) is 5.92 Å². The standard InChI is InChI=1S/C22H24FN5O3S/c1-12(13-7-15(23)9-24-8-13)25-21-26-16-5-6-32-18(16)17(27-21)19(29)28-10-14(11-28)20(30)31-22(2,3)4/h5-9,12,14H,10-11H2,1-4H3,(H,25,26,27)/t12-/m0/s1. The Balaban J connectivity index is 1.51. The molecule has 0 spiro atoms. The number of fused-ring (bicyclic) bond motifs is 1. The summed E-state index contributed by atoms with van der Waals surface area (Å²) in [7, 11) is 0. The lowest BCUT2D eigenvalue weighted by molar-refractivity contribution is -0.164. The minimum absolute atomic E-state index is 0.261. The van der Waals surface area contributed by atoms with E-state index in [0.29, 0.717) is 28.9 Å². The van der Waals surface area contributed by atoms with Gasteiger partial charge in [0.15, 0.2) is 5.69 Å². The van der Waals surface area contributed by atoms with Crippen LogP contribution in [0.2, 0.25) is 0 Å². The third kappa shape index (κ3) is 4.69. The molecule has 1 aliphatic rings. The van der Waals surface area contributed by atoms with Gasteiger partial charge in [-0.25, -0.2) is 14.4 Å². The molecule has 1 fully saturated rings. The highest BCUT2D eigenvalue weighted by Crippen LogP contribution is 2.29. The van der Waals surface area contributed by atoms with E-state index < -0.39 is 11.4 Å². The summed E-state index contributed by atoms with van der Waals surface area (Å²) in [6.07, 6.45) is 2.70. The number of anilines is 1. The molecule has 10 heteroatoms. The Morgan fingerprint density at radius 1 is 1.28 bits per heavy atom. The van der Waals surface area contributed by atoms with Crippen molar-refractivity contribution in [2.45, 2.75) is 39.3 Å². The molecule has 0 unspecified atom stereocenters. The quantitative estimate of drug-likeness (QED) is 0.582. The van der Waals surface area contributed by atoms with Gasteiger partial charge in [-0.2, -0.15) is 0 Å². The maximum Gasteiger partial charge on any atom is 0.313 e. The maximum absolute atomic E-state index is 13.5. The third-order valence-corrected chi connectivity index (χ3v) is 5.90. The van der Waals surface area contributed by atoms with Gasteiger partial charge >= 0.3 is 5.97 Å². The molecule has 1 amide bonds. The normalized spacial score (nSPS) is 15.3. The molecule has 0 bridgehead atoms. The number of thiophene rings is 1. The van der Waals surface area contributed by atoms with E-state index in [1.165, 1.54) is 17.4 Å². The summed E-state index contributed by atoms with van der Waals surface area (Å²) < 4.78 is 19.6. The molecular weight excluding hydrogens is 433 g/mol. The van der Waals surface area contributed by atoms with E-state index in [9.17, 15) is 14.0 Å². The Hall–Kier alpha value is -3.14. The van der Waals surface area contributed by atoms with E-state index in [-0.39, 0.29) is 35.5 Å². The van der Waals surface area contributed by atoms with Crippen molar-refractivity contribution < 1.29 is 18.7 Å². The van der Waals surface area contributed by atoms with Gasteiger partial charge in [0, 0.05) is 19.3 Å². The Morgan fingerprint density at radius 2 is 2.03 bits per heavy atom. The molecule has 32 heavy (non-hydrogen) atoms. The van der Waals surface area contributed by atoms with E-state index in [0.717, 1.165) is 6.20 Å². The van der Waals surface area contributed by atoms with Crippen LogP contribution in [0, 0.1) is 11.7 Å². The summed E-state index contributed by atoms with van der Waals surface area (Å²) in [6, 6.07) is 2.88. The molecule has 1 N–H and O–H groups in total. The zero-order valence-electron chi connectivity index (χ0n) is 18.3. The van der Waals surface area contributed by atoms with Gasteiger partial charge in [0.1, 0.15) is 11.4 Å². The molecule has 4 heterocycles. The molecule has 4 rings (SSSR count). The summed E-state index contributed by atoms with van der Waals surface area (Å²) in [5.41, 5.74) is 0.991. The van der Waals surface area contributed by atoms with Gasteiger partial charge in [0.2, 0.25) is 5.95 Å². The van der Waals surface area contributed by atoms with Gasteiger partial charge in [0.05, 0.1) is 28.4 Å². The molecule has 3 aromatic heterocycles. The van der Waals surface area contributed by atoms with Gasteiger partial charge in [-0.15, -0.1) is 11.3 Å². The predicted octanol–water partition coefficient (Wildman–Crippen LogP) is 3.81. The SMILES string of the molecule is C[C@H](Nc1nc(C(=O)N2CC(C(=O)OC(C)(C)C)C2)c2sccc2n1)c1cncc(F)c1. The number of rotatable bonds is 5. The highest BCUT2D eigenvalue weighted by Gasteiger charge is 2.39. The average molecular weight is 458 g/mol. The third-order valence-electron chi connectivity index (χ3n) is 4.99. The molecule has 168 valence electrons. The molecule has 0 saturated carbocycles. The van der Waals surface area contributed by atoms with Crippen molar-refractivity contribution in [1.82, 2.24) is 19.9 Å². The maximum atomic E-state index is 13.5. The molecule has 0 radical (unpaired) electrons. The minimum Gasteiger partial charge on any atom is -0.460 e. The van der Waals surface area contributed by atoms with Gasteiger partial charge in [0.25, 0.3) is 5.91 Å². The number of aromatic nitrogens is 3. The second-order valence-corrected chi connectivity index (χ2v) is 9.69. The van der Waals surface area contributed by atoms with Crippen LogP contribution in [-0.4, -0.2) is 50.4 Å². The molecule has 1 atom stereocenters. The van der Waals surface area contributed by atoms with E-state index >= 15 is 0 Å². The first-order chi connectivity index (χ1) is 15.1. The number of amides is 1. The smallest absolute Gasteiger partial charge is 0.313 e. The Labute approximate surface area is 188 Å². The molecule has 1 saturated heterocycles. The second kappa shape index (κ2) is 8.42. The zero-order valence-corrected chi connectivity index (χ0v) is 19.1. The Bertz CT molecular complexity index is 1170. The van der Waals surface area contributed by atoms with Crippen molar-refractivity contribution in [3.63, 3.8) is 0 Å². The molecule has 1 aliphatic heterocycles.